The van der Waals surface area contributed by atoms with Crippen molar-refractivity contribution < 1.29 is 4.79 Å². The molecule has 2 aromatic rings. The summed E-state index contributed by atoms with van der Waals surface area (Å²) < 4.78 is 1.58. The van der Waals surface area contributed by atoms with Gasteiger partial charge < -0.3 is 10.6 Å². The molecular weight excluding hydrogens is 256 g/mol. The summed E-state index contributed by atoms with van der Waals surface area (Å²) in [6, 6.07) is 6.19. The van der Waals surface area contributed by atoms with Crippen molar-refractivity contribution in [1.82, 2.24) is 25.5 Å². The molecule has 1 aromatic heterocycles. The number of tetrazole rings is 1. The molecule has 0 spiro atoms. The molecule has 1 amide bonds. The number of nitrogens with one attached hydrogen (secondary N) is 2. The second-order valence-electron chi connectivity index (χ2n) is 4.96. The number of hydrogen-bond donors (Lipinski definition) is 2. The molecule has 20 heavy (non-hydrogen) atoms. The zero-order chi connectivity index (χ0) is 13.9. The first-order chi connectivity index (χ1) is 9.72. The van der Waals surface area contributed by atoms with E-state index in [0.717, 1.165) is 16.9 Å². The Hall–Kier alpha value is -2.28. The normalized spacial score (nSPS) is 14.2. The van der Waals surface area contributed by atoms with Gasteiger partial charge in [0.2, 0.25) is 5.91 Å². The van der Waals surface area contributed by atoms with Crippen LogP contribution in [-0.2, 0) is 4.79 Å². The van der Waals surface area contributed by atoms with E-state index < -0.39 is 0 Å². The van der Waals surface area contributed by atoms with Gasteiger partial charge >= 0.3 is 0 Å². The van der Waals surface area contributed by atoms with Crippen molar-refractivity contribution in [1.29, 1.82) is 0 Å². The smallest absolute Gasteiger partial charge is 0.238 e. The number of benzene rings is 1. The molecule has 2 N–H and O–H groups in total. The Morgan fingerprint density at radius 1 is 1.45 bits per heavy atom. The van der Waals surface area contributed by atoms with Crippen molar-refractivity contribution in [3.8, 4) is 5.69 Å². The lowest BCUT2D eigenvalue weighted by Gasteiger charge is -2.09. The molecule has 7 nitrogen and oxygen atoms in total. The van der Waals surface area contributed by atoms with Gasteiger partial charge in [-0.25, -0.2) is 4.68 Å². The van der Waals surface area contributed by atoms with Crippen molar-refractivity contribution in [3.63, 3.8) is 0 Å². The van der Waals surface area contributed by atoms with E-state index in [4.69, 9.17) is 0 Å². The van der Waals surface area contributed by atoms with Gasteiger partial charge in [-0.3, -0.25) is 4.79 Å². The summed E-state index contributed by atoms with van der Waals surface area (Å²) in [6.07, 6.45) is 3.87. The van der Waals surface area contributed by atoms with Gasteiger partial charge in [0.25, 0.3) is 0 Å². The van der Waals surface area contributed by atoms with E-state index >= 15 is 0 Å². The molecule has 0 atom stereocenters. The number of aryl methyl sites for hydroxylation is 1. The number of nitrogens with zero attached hydrogens (tertiary/aromatic N) is 4. The molecule has 1 heterocycles. The average Bonchev–Trinajstić information content (AvgIpc) is 3.11. The molecule has 1 fully saturated rings. The largest absolute Gasteiger partial charge is 0.325 e. The topological polar surface area (TPSA) is 84.7 Å². The van der Waals surface area contributed by atoms with E-state index in [2.05, 4.69) is 26.2 Å². The lowest BCUT2D eigenvalue weighted by Crippen LogP contribution is -2.29. The Kier molecular flexibility index (Phi) is 3.42. The molecule has 0 saturated heterocycles. The minimum atomic E-state index is -0.0385. The third-order valence-electron chi connectivity index (χ3n) is 3.22. The van der Waals surface area contributed by atoms with Crippen LogP contribution in [0.3, 0.4) is 0 Å². The molecule has 1 aliphatic carbocycles. The third kappa shape index (κ3) is 3.00. The fourth-order valence-electron chi connectivity index (χ4n) is 1.94. The minimum absolute atomic E-state index is 0.0385. The van der Waals surface area contributed by atoms with Crippen LogP contribution in [0.2, 0.25) is 0 Å². The minimum Gasteiger partial charge on any atom is -0.325 e. The van der Waals surface area contributed by atoms with Crippen LogP contribution in [0.5, 0.6) is 0 Å². The third-order valence-corrected chi connectivity index (χ3v) is 3.22. The van der Waals surface area contributed by atoms with Crippen LogP contribution in [0, 0.1) is 6.92 Å². The van der Waals surface area contributed by atoms with Gasteiger partial charge in [0.1, 0.15) is 6.33 Å². The summed E-state index contributed by atoms with van der Waals surface area (Å²) in [5.41, 5.74) is 2.62. The van der Waals surface area contributed by atoms with E-state index in [0.29, 0.717) is 12.6 Å². The van der Waals surface area contributed by atoms with E-state index in [1.807, 2.05) is 25.1 Å². The summed E-state index contributed by atoms with van der Waals surface area (Å²) in [4.78, 5) is 11.8. The van der Waals surface area contributed by atoms with Crippen LogP contribution < -0.4 is 10.6 Å². The van der Waals surface area contributed by atoms with Crippen LogP contribution >= 0.6 is 0 Å². The number of carbonyl (C=O) groups excluding carboxylic acids is 1. The standard InChI is InChI=1S/C13H16N6O/c1-9-2-3-11(6-12(9)19-8-15-17-18-19)16-13(20)7-14-10-4-5-10/h2-3,6,8,10,14H,4-5,7H2,1H3,(H,16,20). The summed E-state index contributed by atoms with van der Waals surface area (Å²) in [7, 11) is 0. The van der Waals surface area contributed by atoms with Crippen molar-refractivity contribution >= 4 is 11.6 Å². The fraction of sp³-hybridized carbons (Fsp3) is 0.385. The van der Waals surface area contributed by atoms with Gasteiger partial charge in [-0.15, -0.1) is 5.10 Å². The lowest BCUT2D eigenvalue weighted by molar-refractivity contribution is -0.115. The van der Waals surface area contributed by atoms with Crippen LogP contribution in [-0.4, -0.2) is 38.7 Å². The fourth-order valence-corrected chi connectivity index (χ4v) is 1.94. The maximum Gasteiger partial charge on any atom is 0.238 e. The van der Waals surface area contributed by atoms with Gasteiger partial charge in [0.05, 0.1) is 12.2 Å². The van der Waals surface area contributed by atoms with Gasteiger partial charge in [0, 0.05) is 11.7 Å². The molecular formula is C13H16N6O. The van der Waals surface area contributed by atoms with E-state index in [1.165, 1.54) is 19.2 Å². The lowest BCUT2D eigenvalue weighted by atomic mass is 10.2. The van der Waals surface area contributed by atoms with E-state index in [1.54, 1.807) is 4.68 Å². The monoisotopic (exact) mass is 272 g/mol. The molecule has 0 aliphatic heterocycles. The molecule has 1 aromatic carbocycles. The summed E-state index contributed by atoms with van der Waals surface area (Å²) in [6.45, 7) is 2.32. The van der Waals surface area contributed by atoms with Crippen LogP contribution in [0.15, 0.2) is 24.5 Å². The van der Waals surface area contributed by atoms with Crippen LogP contribution in [0.25, 0.3) is 5.69 Å². The predicted molar refractivity (Wildman–Crippen MR) is 73.5 cm³/mol. The molecule has 0 bridgehead atoms. The molecule has 0 unspecified atom stereocenters. The molecule has 3 rings (SSSR count). The zero-order valence-corrected chi connectivity index (χ0v) is 11.2. The quantitative estimate of drug-likeness (QED) is 0.835. The molecule has 1 aliphatic rings. The molecule has 104 valence electrons. The number of anilines is 1. The summed E-state index contributed by atoms with van der Waals surface area (Å²) in [5.74, 6) is -0.0385. The van der Waals surface area contributed by atoms with Gasteiger partial charge in [-0.05, 0) is 47.9 Å². The second kappa shape index (κ2) is 5.38. The number of aromatic nitrogens is 4. The van der Waals surface area contributed by atoms with Crippen molar-refractivity contribution in [2.24, 2.45) is 0 Å². The number of hydrogen-bond acceptors (Lipinski definition) is 5. The Labute approximate surface area is 116 Å². The molecule has 7 heteroatoms. The highest BCUT2D eigenvalue weighted by atomic mass is 16.1. The highest BCUT2D eigenvalue weighted by Crippen LogP contribution is 2.19. The molecule has 0 radical (unpaired) electrons. The van der Waals surface area contributed by atoms with Crippen molar-refractivity contribution in [3.05, 3.63) is 30.1 Å². The Morgan fingerprint density at radius 3 is 3.00 bits per heavy atom. The van der Waals surface area contributed by atoms with Crippen LogP contribution in [0.1, 0.15) is 18.4 Å². The first-order valence-corrected chi connectivity index (χ1v) is 6.59. The van der Waals surface area contributed by atoms with Crippen molar-refractivity contribution in [2.75, 3.05) is 11.9 Å². The number of carbonyl (C=O) groups is 1. The Morgan fingerprint density at radius 2 is 2.30 bits per heavy atom. The summed E-state index contributed by atoms with van der Waals surface area (Å²) >= 11 is 0. The summed E-state index contributed by atoms with van der Waals surface area (Å²) in [5, 5.41) is 17.2. The number of rotatable bonds is 5. The Balaban J connectivity index is 1.70. The zero-order valence-electron chi connectivity index (χ0n) is 11.2. The van der Waals surface area contributed by atoms with E-state index in [9.17, 15) is 4.79 Å². The average molecular weight is 272 g/mol. The SMILES string of the molecule is Cc1ccc(NC(=O)CNC2CC2)cc1-n1cnnn1. The van der Waals surface area contributed by atoms with Gasteiger partial charge in [-0.2, -0.15) is 0 Å². The predicted octanol–water partition coefficient (Wildman–Crippen LogP) is 0.661. The Bertz CT molecular complexity index is 605. The highest BCUT2D eigenvalue weighted by Gasteiger charge is 2.21. The maximum atomic E-state index is 11.8. The highest BCUT2D eigenvalue weighted by molar-refractivity contribution is 5.92. The van der Waals surface area contributed by atoms with Crippen molar-refractivity contribution in [2.45, 2.75) is 25.8 Å². The molecule has 1 saturated carbocycles. The van der Waals surface area contributed by atoms with Gasteiger partial charge in [0.15, 0.2) is 0 Å². The first kappa shape index (κ1) is 12.7. The van der Waals surface area contributed by atoms with Gasteiger partial charge in [-0.1, -0.05) is 6.07 Å². The number of amides is 1. The van der Waals surface area contributed by atoms with E-state index in [-0.39, 0.29) is 5.91 Å². The first-order valence-electron chi connectivity index (χ1n) is 6.59. The van der Waals surface area contributed by atoms with Crippen LogP contribution in [0.4, 0.5) is 5.69 Å². The maximum absolute atomic E-state index is 11.8. The second-order valence-corrected chi connectivity index (χ2v) is 4.96.